The van der Waals surface area contributed by atoms with E-state index in [1.165, 1.54) is 12.4 Å². The molecule has 1 aliphatic heterocycles. The molecule has 0 bridgehead atoms. The lowest BCUT2D eigenvalue weighted by Crippen LogP contribution is -2.28. The number of hydrogen-bond donors (Lipinski definition) is 1. The van der Waals surface area contributed by atoms with Crippen molar-refractivity contribution in [3.8, 4) is 11.5 Å². The first kappa shape index (κ1) is 17.6. The summed E-state index contributed by atoms with van der Waals surface area (Å²) in [7, 11) is 1.56. The molecule has 25 heavy (non-hydrogen) atoms. The van der Waals surface area contributed by atoms with Crippen molar-refractivity contribution in [1.29, 1.82) is 0 Å². The van der Waals surface area contributed by atoms with Crippen molar-refractivity contribution in [2.24, 2.45) is 0 Å². The lowest BCUT2D eigenvalue weighted by molar-refractivity contribution is 0.102. The van der Waals surface area contributed by atoms with Crippen LogP contribution >= 0.6 is 23.2 Å². The first-order valence-electron chi connectivity index (χ1n) is 7.52. The van der Waals surface area contributed by atoms with Crippen LogP contribution < -0.4 is 14.8 Å². The molecule has 0 saturated carbocycles. The summed E-state index contributed by atoms with van der Waals surface area (Å²) < 4.78 is 11.3. The second kappa shape index (κ2) is 6.58. The average molecular weight is 379 g/mol. The van der Waals surface area contributed by atoms with Crippen LogP contribution in [0.15, 0.2) is 30.6 Å². The predicted molar refractivity (Wildman–Crippen MR) is 98.9 cm³/mol. The largest absolute Gasteiger partial charge is 0.493 e. The Labute approximate surface area is 155 Å². The summed E-state index contributed by atoms with van der Waals surface area (Å²) in [5.74, 6) is 0.723. The SMILES string of the molecule is COc1ccc(C(=O)Nc2c(Cl)cncc2Cl)c2c1OC(C)(C)C=C2. The van der Waals surface area contributed by atoms with Crippen molar-refractivity contribution in [2.45, 2.75) is 19.4 Å². The highest BCUT2D eigenvalue weighted by molar-refractivity contribution is 6.39. The fourth-order valence-corrected chi connectivity index (χ4v) is 2.96. The molecule has 130 valence electrons. The molecule has 5 nitrogen and oxygen atoms in total. The fourth-order valence-electron chi connectivity index (χ4n) is 2.50. The number of methoxy groups -OCH3 is 1. The molecule has 1 N–H and O–H groups in total. The number of nitrogens with zero attached hydrogens (tertiary/aromatic N) is 1. The number of aromatic nitrogens is 1. The molecule has 0 saturated heterocycles. The lowest BCUT2D eigenvalue weighted by Gasteiger charge is -2.29. The van der Waals surface area contributed by atoms with Crippen LogP contribution in [0.1, 0.15) is 29.8 Å². The quantitative estimate of drug-likeness (QED) is 0.830. The monoisotopic (exact) mass is 378 g/mol. The highest BCUT2D eigenvalue weighted by Gasteiger charge is 2.28. The molecule has 7 heteroatoms. The molecule has 2 aromatic rings. The smallest absolute Gasteiger partial charge is 0.256 e. The number of amides is 1. The Morgan fingerprint density at radius 2 is 1.92 bits per heavy atom. The number of hydrogen-bond acceptors (Lipinski definition) is 4. The minimum Gasteiger partial charge on any atom is -0.493 e. The Kier molecular flexibility index (Phi) is 4.62. The molecule has 1 amide bonds. The summed E-state index contributed by atoms with van der Waals surface area (Å²) >= 11 is 12.1. The van der Waals surface area contributed by atoms with Gasteiger partial charge in [0.2, 0.25) is 0 Å². The van der Waals surface area contributed by atoms with E-state index in [0.29, 0.717) is 28.3 Å². The minimum atomic E-state index is -0.493. The number of benzene rings is 1. The van der Waals surface area contributed by atoms with Gasteiger partial charge in [0.1, 0.15) is 5.60 Å². The standard InChI is InChI=1S/C18H16Cl2N2O3/c1-18(2)7-6-10-11(4-5-14(24-3)16(10)25-18)17(23)22-15-12(19)8-21-9-13(15)20/h4-9H,1-3H3,(H,21,22,23). The second-order valence-corrected chi connectivity index (χ2v) is 6.84. The van der Waals surface area contributed by atoms with E-state index in [1.807, 2.05) is 26.0 Å². The molecule has 1 aromatic carbocycles. The van der Waals surface area contributed by atoms with E-state index in [0.717, 1.165) is 0 Å². The minimum absolute atomic E-state index is 0.260. The Morgan fingerprint density at radius 1 is 1.24 bits per heavy atom. The summed E-state index contributed by atoms with van der Waals surface area (Å²) in [6.07, 6.45) is 6.57. The molecule has 2 heterocycles. The number of rotatable bonds is 3. The molecule has 1 aliphatic rings. The number of carbonyl (C=O) groups is 1. The summed E-state index contributed by atoms with van der Waals surface area (Å²) in [5, 5.41) is 3.25. The topological polar surface area (TPSA) is 60.5 Å². The Morgan fingerprint density at radius 3 is 2.56 bits per heavy atom. The first-order chi connectivity index (χ1) is 11.8. The molecule has 1 aromatic heterocycles. The third-order valence-electron chi connectivity index (χ3n) is 3.73. The van der Waals surface area contributed by atoms with Gasteiger partial charge in [-0.25, -0.2) is 0 Å². The van der Waals surface area contributed by atoms with Gasteiger partial charge in [0.25, 0.3) is 5.91 Å². The van der Waals surface area contributed by atoms with Crippen molar-refractivity contribution in [3.05, 3.63) is 51.8 Å². The molecule has 0 unspecified atom stereocenters. The zero-order chi connectivity index (χ0) is 18.2. The van der Waals surface area contributed by atoms with Gasteiger partial charge in [-0.05, 0) is 32.1 Å². The van der Waals surface area contributed by atoms with Gasteiger partial charge in [0.05, 0.1) is 28.4 Å². The number of fused-ring (bicyclic) bond motifs is 1. The maximum atomic E-state index is 12.8. The average Bonchev–Trinajstić information content (AvgIpc) is 2.56. The van der Waals surface area contributed by atoms with E-state index in [4.69, 9.17) is 32.7 Å². The van der Waals surface area contributed by atoms with Crippen molar-refractivity contribution in [1.82, 2.24) is 4.98 Å². The number of pyridine rings is 1. The summed E-state index contributed by atoms with van der Waals surface area (Å²) in [5.41, 5.74) is 0.880. The van der Waals surface area contributed by atoms with Gasteiger partial charge < -0.3 is 14.8 Å². The molecule has 3 rings (SSSR count). The molecular weight excluding hydrogens is 363 g/mol. The number of anilines is 1. The van der Waals surface area contributed by atoms with Crippen LogP contribution in [0.2, 0.25) is 10.0 Å². The van der Waals surface area contributed by atoms with Crippen molar-refractivity contribution >= 4 is 40.9 Å². The fraction of sp³-hybridized carbons (Fsp3) is 0.222. The molecule has 0 radical (unpaired) electrons. The van der Waals surface area contributed by atoms with E-state index in [1.54, 1.807) is 19.2 Å². The summed E-state index contributed by atoms with van der Waals surface area (Å²) in [6.45, 7) is 3.85. The van der Waals surface area contributed by atoms with E-state index >= 15 is 0 Å². The van der Waals surface area contributed by atoms with Crippen molar-refractivity contribution < 1.29 is 14.3 Å². The van der Waals surface area contributed by atoms with E-state index in [-0.39, 0.29) is 16.0 Å². The van der Waals surface area contributed by atoms with Crippen LogP contribution in [0, 0.1) is 0 Å². The zero-order valence-corrected chi connectivity index (χ0v) is 15.4. The van der Waals surface area contributed by atoms with Gasteiger partial charge in [-0.1, -0.05) is 29.3 Å². The van der Waals surface area contributed by atoms with E-state index < -0.39 is 5.60 Å². The van der Waals surface area contributed by atoms with Gasteiger partial charge in [-0.15, -0.1) is 0 Å². The van der Waals surface area contributed by atoms with E-state index in [2.05, 4.69) is 10.3 Å². The Hall–Kier alpha value is -2.24. The lowest BCUT2D eigenvalue weighted by atomic mass is 9.97. The molecular formula is C18H16Cl2N2O3. The maximum Gasteiger partial charge on any atom is 0.256 e. The first-order valence-corrected chi connectivity index (χ1v) is 8.27. The van der Waals surface area contributed by atoms with Crippen LogP contribution in [-0.2, 0) is 0 Å². The van der Waals surface area contributed by atoms with Crippen molar-refractivity contribution in [3.63, 3.8) is 0 Å². The Bertz CT molecular complexity index is 859. The van der Waals surface area contributed by atoms with Gasteiger partial charge >= 0.3 is 0 Å². The second-order valence-electron chi connectivity index (χ2n) is 6.03. The van der Waals surface area contributed by atoms with Gasteiger partial charge in [-0.3, -0.25) is 9.78 Å². The van der Waals surface area contributed by atoms with E-state index in [9.17, 15) is 4.79 Å². The number of halogens is 2. The normalized spacial score (nSPS) is 14.4. The van der Waals surface area contributed by atoms with Crippen molar-refractivity contribution in [2.75, 3.05) is 12.4 Å². The molecule has 0 fully saturated rings. The molecule has 0 spiro atoms. The third-order valence-corrected chi connectivity index (χ3v) is 4.31. The molecule has 0 aliphatic carbocycles. The van der Waals surface area contributed by atoms with Gasteiger partial charge in [-0.2, -0.15) is 0 Å². The van der Waals surface area contributed by atoms with Gasteiger partial charge in [0.15, 0.2) is 11.5 Å². The zero-order valence-electron chi connectivity index (χ0n) is 13.9. The van der Waals surface area contributed by atoms with Crippen LogP contribution in [0.4, 0.5) is 5.69 Å². The number of carbonyl (C=O) groups excluding carboxylic acids is 1. The van der Waals surface area contributed by atoms with Crippen LogP contribution in [0.3, 0.4) is 0 Å². The third kappa shape index (κ3) is 3.43. The molecule has 0 atom stereocenters. The maximum absolute atomic E-state index is 12.8. The van der Waals surface area contributed by atoms with Gasteiger partial charge in [0, 0.05) is 18.0 Å². The number of nitrogens with one attached hydrogen (secondary N) is 1. The van der Waals surface area contributed by atoms with Crippen LogP contribution in [0.5, 0.6) is 11.5 Å². The summed E-state index contributed by atoms with van der Waals surface area (Å²) in [4.78, 5) is 16.6. The Balaban J connectivity index is 2.02. The predicted octanol–water partition coefficient (Wildman–Crippen LogP) is 4.83. The highest BCUT2D eigenvalue weighted by atomic mass is 35.5. The van der Waals surface area contributed by atoms with Crippen LogP contribution in [0.25, 0.3) is 6.08 Å². The summed E-state index contributed by atoms with van der Waals surface area (Å²) in [6, 6.07) is 3.36. The van der Waals surface area contributed by atoms with Crippen LogP contribution in [-0.4, -0.2) is 23.6 Å². The number of ether oxygens (including phenoxy) is 2. The highest BCUT2D eigenvalue weighted by Crippen LogP contribution is 2.41.